The van der Waals surface area contributed by atoms with Gasteiger partial charge in [-0.05, 0) is 102 Å². The summed E-state index contributed by atoms with van der Waals surface area (Å²) in [6.45, 7) is 2.04. The summed E-state index contributed by atoms with van der Waals surface area (Å²) in [7, 11) is 2.11. The van der Waals surface area contributed by atoms with E-state index in [4.69, 9.17) is 14.4 Å². The van der Waals surface area contributed by atoms with Crippen molar-refractivity contribution < 1.29 is 9.52 Å². The Kier molecular flexibility index (Phi) is 8.34. The van der Waals surface area contributed by atoms with E-state index in [-0.39, 0.29) is 5.75 Å². The number of hydrogen-bond donors (Lipinski definition) is 1. The van der Waals surface area contributed by atoms with E-state index in [9.17, 15) is 5.11 Å². The third-order valence-corrected chi connectivity index (χ3v) is 10.8. The zero-order chi connectivity index (χ0) is 38.5. The smallest absolute Gasteiger partial charge is 0.136 e. The molecule has 272 valence electrons. The van der Waals surface area contributed by atoms with E-state index in [2.05, 4.69) is 109 Å². The van der Waals surface area contributed by atoms with Gasteiger partial charge in [-0.1, -0.05) is 109 Å². The van der Waals surface area contributed by atoms with E-state index in [0.29, 0.717) is 11.3 Å². The summed E-state index contributed by atoms with van der Waals surface area (Å²) < 4.78 is 8.45. The standard InChI is InChI=1S/C52H37N3O2/c1-33-26-41(49-25-24-48(55(49)2)39-21-22-43-42-18-9-10-19-51(42)57-52(43)32-39)30-45(53-33)37-16-11-17-38(27-37)46-28-40(35-14-7-4-8-15-35)29-47(54-46)44-23-20-36(31-50(44)56)34-12-5-3-6-13-34/h3-32,56H,1-2H3. The fourth-order valence-corrected chi connectivity index (χ4v) is 7.95. The number of phenols is 1. The first-order valence-electron chi connectivity index (χ1n) is 19.1. The lowest BCUT2D eigenvalue weighted by atomic mass is 9.97. The van der Waals surface area contributed by atoms with Crippen LogP contribution >= 0.6 is 0 Å². The third kappa shape index (κ3) is 6.35. The molecule has 4 aromatic heterocycles. The van der Waals surface area contributed by atoms with Crippen molar-refractivity contribution in [2.75, 3.05) is 0 Å². The number of fused-ring (bicyclic) bond motifs is 3. The molecule has 0 aliphatic heterocycles. The van der Waals surface area contributed by atoms with E-state index >= 15 is 0 Å². The van der Waals surface area contributed by atoms with Gasteiger partial charge in [0.2, 0.25) is 0 Å². The van der Waals surface area contributed by atoms with Crippen LogP contribution in [0.3, 0.4) is 0 Å². The van der Waals surface area contributed by atoms with Crippen LogP contribution in [0.2, 0.25) is 0 Å². The van der Waals surface area contributed by atoms with Gasteiger partial charge in [-0.15, -0.1) is 0 Å². The zero-order valence-corrected chi connectivity index (χ0v) is 31.5. The molecule has 5 nitrogen and oxygen atoms in total. The molecule has 5 heteroatoms. The Morgan fingerprint density at radius 1 is 0.421 bits per heavy atom. The number of hydrogen-bond acceptors (Lipinski definition) is 4. The maximum absolute atomic E-state index is 11.4. The number of phenolic OH excluding ortho intramolecular Hbond substituents is 1. The molecule has 0 unspecified atom stereocenters. The van der Waals surface area contributed by atoms with E-state index in [1.165, 1.54) is 0 Å². The first kappa shape index (κ1) is 34.0. The SMILES string of the molecule is Cc1cc(-c2ccc(-c3ccc4c(c3)oc3ccccc34)n2C)cc(-c2cccc(-c3cc(-c4ccccc4)cc(-c4ccc(-c5ccccc5)cc4O)n3)c2)n1. The van der Waals surface area contributed by atoms with Gasteiger partial charge in [0.1, 0.15) is 16.9 Å². The molecule has 1 N–H and O–H groups in total. The Morgan fingerprint density at radius 2 is 1.02 bits per heavy atom. The van der Waals surface area contributed by atoms with Crippen LogP contribution < -0.4 is 0 Å². The molecule has 0 fully saturated rings. The van der Waals surface area contributed by atoms with Gasteiger partial charge in [0.05, 0.1) is 17.1 Å². The number of benzene rings is 6. The molecule has 0 saturated carbocycles. The van der Waals surface area contributed by atoms with Gasteiger partial charge >= 0.3 is 0 Å². The second-order valence-corrected chi connectivity index (χ2v) is 14.5. The lowest BCUT2D eigenvalue weighted by molar-refractivity contribution is 0.477. The van der Waals surface area contributed by atoms with Crippen molar-refractivity contribution >= 4 is 21.9 Å². The normalized spacial score (nSPS) is 11.4. The van der Waals surface area contributed by atoms with Crippen molar-refractivity contribution in [1.82, 2.24) is 14.5 Å². The van der Waals surface area contributed by atoms with Crippen molar-refractivity contribution in [1.29, 1.82) is 0 Å². The van der Waals surface area contributed by atoms with Crippen LogP contribution in [0.5, 0.6) is 5.75 Å². The Balaban J connectivity index is 1.02. The number of rotatable bonds is 7. The molecule has 0 aliphatic rings. The lowest BCUT2D eigenvalue weighted by Crippen LogP contribution is -1.97. The molecule has 0 bridgehead atoms. The second kappa shape index (κ2) is 14.0. The highest BCUT2D eigenvalue weighted by atomic mass is 16.3. The number of nitrogens with zero attached hydrogens (tertiary/aromatic N) is 3. The molecule has 0 aliphatic carbocycles. The number of aryl methyl sites for hydroxylation is 1. The maximum atomic E-state index is 11.4. The number of aromatic nitrogens is 3. The molecule has 0 radical (unpaired) electrons. The molecule has 0 atom stereocenters. The van der Waals surface area contributed by atoms with Gasteiger partial charge in [0.25, 0.3) is 0 Å². The first-order chi connectivity index (χ1) is 27.9. The molecule has 0 saturated heterocycles. The molecule has 6 aromatic carbocycles. The van der Waals surface area contributed by atoms with Crippen molar-refractivity contribution in [3.05, 3.63) is 188 Å². The minimum absolute atomic E-state index is 0.184. The molecular formula is C52H37N3O2. The molecule has 10 aromatic rings. The number of aromatic hydroxyl groups is 1. The Bertz CT molecular complexity index is 3100. The largest absolute Gasteiger partial charge is 0.507 e. The summed E-state index contributed by atoms with van der Waals surface area (Å²) >= 11 is 0. The van der Waals surface area contributed by atoms with Gasteiger partial charge in [-0.2, -0.15) is 0 Å². The summed E-state index contributed by atoms with van der Waals surface area (Å²) in [6, 6.07) is 62.1. The Hall–Kier alpha value is -7.50. The average Bonchev–Trinajstić information content (AvgIpc) is 3.83. The van der Waals surface area contributed by atoms with Crippen molar-refractivity contribution in [3.8, 4) is 84.3 Å². The topological polar surface area (TPSA) is 64.1 Å². The Labute approximate surface area is 330 Å². The third-order valence-electron chi connectivity index (χ3n) is 10.8. The van der Waals surface area contributed by atoms with Crippen LogP contribution in [0.1, 0.15) is 5.69 Å². The van der Waals surface area contributed by atoms with E-state index in [1.807, 2.05) is 91.9 Å². The van der Waals surface area contributed by atoms with Crippen molar-refractivity contribution in [2.45, 2.75) is 6.92 Å². The fraction of sp³-hybridized carbons (Fsp3) is 0.0385. The highest BCUT2D eigenvalue weighted by Gasteiger charge is 2.16. The fourth-order valence-electron chi connectivity index (χ4n) is 7.95. The maximum Gasteiger partial charge on any atom is 0.136 e. The van der Waals surface area contributed by atoms with Gasteiger partial charge in [-0.3, -0.25) is 4.98 Å². The highest BCUT2D eigenvalue weighted by molar-refractivity contribution is 6.05. The predicted molar refractivity (Wildman–Crippen MR) is 233 cm³/mol. The van der Waals surface area contributed by atoms with E-state index in [1.54, 1.807) is 0 Å². The minimum atomic E-state index is 0.184. The lowest BCUT2D eigenvalue weighted by Gasteiger charge is -2.13. The summed E-state index contributed by atoms with van der Waals surface area (Å²) in [5.41, 5.74) is 16.2. The van der Waals surface area contributed by atoms with Gasteiger partial charge in [0, 0.05) is 62.7 Å². The molecule has 0 spiro atoms. The molecule has 57 heavy (non-hydrogen) atoms. The number of furan rings is 1. The zero-order valence-electron chi connectivity index (χ0n) is 31.5. The van der Waals surface area contributed by atoms with Crippen LogP contribution in [0.15, 0.2) is 186 Å². The summed E-state index contributed by atoms with van der Waals surface area (Å²) in [5.74, 6) is 0.184. The highest BCUT2D eigenvalue weighted by Crippen LogP contribution is 2.38. The first-order valence-corrected chi connectivity index (χ1v) is 19.1. The average molecular weight is 736 g/mol. The molecule has 4 heterocycles. The molecule has 10 rings (SSSR count). The van der Waals surface area contributed by atoms with Gasteiger partial charge < -0.3 is 14.1 Å². The quantitative estimate of drug-likeness (QED) is 0.177. The van der Waals surface area contributed by atoms with Gasteiger partial charge in [0.15, 0.2) is 0 Å². The summed E-state index contributed by atoms with van der Waals surface area (Å²) in [4.78, 5) is 10.2. The van der Waals surface area contributed by atoms with Crippen molar-refractivity contribution in [2.24, 2.45) is 7.05 Å². The minimum Gasteiger partial charge on any atom is -0.507 e. The van der Waals surface area contributed by atoms with E-state index in [0.717, 1.165) is 94.9 Å². The van der Waals surface area contributed by atoms with Crippen molar-refractivity contribution in [3.63, 3.8) is 0 Å². The van der Waals surface area contributed by atoms with Crippen LogP contribution in [0.25, 0.3) is 100 Å². The summed E-state index contributed by atoms with van der Waals surface area (Å²) in [6.07, 6.45) is 0. The number of para-hydroxylation sites is 1. The monoisotopic (exact) mass is 735 g/mol. The second-order valence-electron chi connectivity index (χ2n) is 14.5. The van der Waals surface area contributed by atoms with Gasteiger partial charge in [-0.25, -0.2) is 4.98 Å². The van der Waals surface area contributed by atoms with Crippen LogP contribution in [0, 0.1) is 6.92 Å². The number of pyridine rings is 2. The van der Waals surface area contributed by atoms with E-state index < -0.39 is 0 Å². The summed E-state index contributed by atoms with van der Waals surface area (Å²) in [5, 5.41) is 13.6. The van der Waals surface area contributed by atoms with Crippen LogP contribution in [-0.2, 0) is 7.05 Å². The molecule has 0 amide bonds. The Morgan fingerprint density at radius 3 is 1.77 bits per heavy atom. The molecular weight excluding hydrogens is 699 g/mol. The van der Waals surface area contributed by atoms with Crippen LogP contribution in [-0.4, -0.2) is 19.6 Å². The predicted octanol–water partition coefficient (Wildman–Crippen LogP) is 13.4. The van der Waals surface area contributed by atoms with Crippen LogP contribution in [0.4, 0.5) is 0 Å².